The van der Waals surface area contributed by atoms with Gasteiger partial charge in [0.05, 0.1) is 12.7 Å². The van der Waals surface area contributed by atoms with Crippen LogP contribution in [0, 0.1) is 51.8 Å². The van der Waals surface area contributed by atoms with Gasteiger partial charge in [0, 0.05) is 25.6 Å². The summed E-state index contributed by atoms with van der Waals surface area (Å²) in [5, 5.41) is 2.64. The summed E-state index contributed by atoms with van der Waals surface area (Å²) in [6.45, 7) is 8.30. The lowest BCUT2D eigenvalue weighted by Crippen LogP contribution is -2.57. The highest BCUT2D eigenvalue weighted by molar-refractivity contribution is 5.92. The zero-order valence-corrected chi connectivity index (χ0v) is 22.3. The van der Waals surface area contributed by atoms with Gasteiger partial charge in [0.25, 0.3) is 5.91 Å². The molecule has 1 N–H and O–H groups in total. The molecule has 35 heavy (non-hydrogen) atoms. The summed E-state index contributed by atoms with van der Waals surface area (Å²) in [4.78, 5) is 16.4. The summed E-state index contributed by atoms with van der Waals surface area (Å²) < 4.78 is 12.4. The van der Waals surface area contributed by atoms with Crippen molar-refractivity contribution in [1.29, 1.82) is 0 Å². The third-order valence-corrected chi connectivity index (χ3v) is 12.3. The van der Waals surface area contributed by atoms with Crippen LogP contribution in [0.1, 0.15) is 82.6 Å². The zero-order valence-electron chi connectivity index (χ0n) is 22.3. The van der Waals surface area contributed by atoms with E-state index in [-0.39, 0.29) is 5.91 Å². The molecular formula is C30H44N2O3. The summed E-state index contributed by atoms with van der Waals surface area (Å²) >= 11 is 0. The number of pyridine rings is 1. The second-order valence-corrected chi connectivity index (χ2v) is 13.2. The fourth-order valence-electron chi connectivity index (χ4n) is 10.6. The summed E-state index contributed by atoms with van der Waals surface area (Å²) in [5.41, 5.74) is 1.80. The third kappa shape index (κ3) is 3.22. The fourth-order valence-corrected chi connectivity index (χ4v) is 10.6. The summed E-state index contributed by atoms with van der Waals surface area (Å²) in [7, 11) is 3.61. The first-order valence-electron chi connectivity index (χ1n) is 14.1. The molecule has 1 aromatic heterocycles. The van der Waals surface area contributed by atoms with Crippen molar-refractivity contribution in [3.05, 3.63) is 23.9 Å². The number of hydrogen-bond donors (Lipinski definition) is 1. The number of fused-ring (bicyclic) bond motifs is 4. The van der Waals surface area contributed by atoms with Crippen LogP contribution in [0.5, 0.6) is 5.88 Å². The highest BCUT2D eigenvalue weighted by Crippen LogP contribution is 2.82. The van der Waals surface area contributed by atoms with Crippen molar-refractivity contribution in [2.24, 2.45) is 51.8 Å². The maximum atomic E-state index is 11.9. The van der Waals surface area contributed by atoms with Gasteiger partial charge in [0.15, 0.2) is 0 Å². The van der Waals surface area contributed by atoms with Crippen LogP contribution in [0.3, 0.4) is 0 Å². The second kappa shape index (κ2) is 8.19. The van der Waals surface area contributed by atoms with Crippen LogP contribution in [0.25, 0.3) is 0 Å². The van der Waals surface area contributed by atoms with Crippen molar-refractivity contribution >= 4 is 5.91 Å². The minimum Gasteiger partial charge on any atom is -0.477 e. The molecule has 1 spiro atoms. The van der Waals surface area contributed by atoms with Gasteiger partial charge in [-0.15, -0.1) is 0 Å². The van der Waals surface area contributed by atoms with E-state index >= 15 is 0 Å². The molecule has 0 saturated heterocycles. The molecule has 5 saturated carbocycles. The maximum absolute atomic E-state index is 11.9. The first kappa shape index (κ1) is 23.8. The molecule has 5 heteroatoms. The molecule has 5 nitrogen and oxygen atoms in total. The van der Waals surface area contributed by atoms with Crippen molar-refractivity contribution < 1.29 is 14.3 Å². The molecule has 1 aromatic rings. The van der Waals surface area contributed by atoms with Gasteiger partial charge >= 0.3 is 0 Å². The number of rotatable bonds is 6. The van der Waals surface area contributed by atoms with E-state index in [9.17, 15) is 4.79 Å². The molecule has 5 aliphatic carbocycles. The SMILES string of the molecule is CNC(=O)c1cccc(OC[C@@H](C)[C@H]2CC[C@H]3[C@@H]4CC(OC)[C@]56CC5CC[C@]6(C)[C@H]4CC[C@]23C)n1. The van der Waals surface area contributed by atoms with E-state index < -0.39 is 0 Å². The lowest BCUT2D eigenvalue weighted by molar-refractivity contribution is -0.161. The Kier molecular flexibility index (Phi) is 5.56. The summed E-state index contributed by atoms with van der Waals surface area (Å²) in [6, 6.07) is 5.44. The minimum absolute atomic E-state index is 0.177. The maximum Gasteiger partial charge on any atom is 0.269 e. The Morgan fingerprint density at radius 2 is 2.00 bits per heavy atom. The Morgan fingerprint density at radius 3 is 2.74 bits per heavy atom. The van der Waals surface area contributed by atoms with E-state index in [0.29, 0.717) is 52.4 Å². The van der Waals surface area contributed by atoms with Crippen molar-refractivity contribution in [3.8, 4) is 5.88 Å². The first-order chi connectivity index (χ1) is 16.8. The molecular weight excluding hydrogens is 436 g/mol. The predicted octanol–water partition coefficient (Wildman–Crippen LogP) is 5.74. The number of carbonyl (C=O) groups is 1. The average molecular weight is 481 g/mol. The molecule has 5 fully saturated rings. The number of methoxy groups -OCH3 is 1. The quantitative estimate of drug-likeness (QED) is 0.564. The van der Waals surface area contributed by atoms with Gasteiger partial charge in [-0.05, 0) is 104 Å². The Morgan fingerprint density at radius 1 is 1.17 bits per heavy atom. The van der Waals surface area contributed by atoms with Gasteiger partial charge in [0.1, 0.15) is 5.69 Å². The number of aromatic nitrogens is 1. The van der Waals surface area contributed by atoms with Gasteiger partial charge in [-0.25, -0.2) is 4.98 Å². The van der Waals surface area contributed by atoms with Crippen molar-refractivity contribution in [1.82, 2.24) is 10.3 Å². The molecule has 0 aromatic carbocycles. The normalized spacial score (nSPS) is 46.1. The van der Waals surface area contributed by atoms with Crippen molar-refractivity contribution in [3.63, 3.8) is 0 Å². The summed E-state index contributed by atoms with van der Waals surface area (Å²) in [6.07, 6.45) is 11.5. The van der Waals surface area contributed by atoms with Crippen LogP contribution in [0.15, 0.2) is 18.2 Å². The molecule has 1 amide bonds. The molecule has 1 heterocycles. The number of nitrogens with one attached hydrogen (secondary N) is 1. The van der Waals surface area contributed by atoms with Gasteiger partial charge in [-0.1, -0.05) is 26.8 Å². The molecule has 192 valence electrons. The van der Waals surface area contributed by atoms with E-state index in [1.54, 1.807) is 13.1 Å². The van der Waals surface area contributed by atoms with Gasteiger partial charge < -0.3 is 14.8 Å². The van der Waals surface area contributed by atoms with Crippen LogP contribution in [0.4, 0.5) is 0 Å². The topological polar surface area (TPSA) is 60.5 Å². The Labute approximate surface area is 211 Å². The van der Waals surface area contributed by atoms with E-state index in [1.807, 2.05) is 19.2 Å². The lowest BCUT2D eigenvalue weighted by atomic mass is 9.45. The van der Waals surface area contributed by atoms with Crippen molar-refractivity contribution in [2.75, 3.05) is 20.8 Å². The third-order valence-electron chi connectivity index (χ3n) is 12.3. The Bertz CT molecular complexity index is 998. The number of ether oxygens (including phenoxy) is 2. The molecule has 2 unspecified atom stereocenters. The summed E-state index contributed by atoms with van der Waals surface area (Å²) in [5.74, 6) is 4.98. The average Bonchev–Trinajstić information content (AvgIpc) is 3.38. The van der Waals surface area contributed by atoms with Crippen LogP contribution in [0.2, 0.25) is 0 Å². The lowest BCUT2D eigenvalue weighted by Gasteiger charge is -2.61. The fraction of sp³-hybridized carbons (Fsp3) is 0.800. The number of hydrogen-bond acceptors (Lipinski definition) is 4. The van der Waals surface area contributed by atoms with Gasteiger partial charge in [-0.2, -0.15) is 0 Å². The van der Waals surface area contributed by atoms with Crippen LogP contribution in [-0.4, -0.2) is 37.8 Å². The van der Waals surface area contributed by atoms with Gasteiger partial charge in [-0.3, -0.25) is 4.79 Å². The molecule has 0 radical (unpaired) electrons. The highest BCUT2D eigenvalue weighted by atomic mass is 16.5. The number of amides is 1. The van der Waals surface area contributed by atoms with Crippen LogP contribution >= 0.6 is 0 Å². The number of carbonyl (C=O) groups excluding carboxylic acids is 1. The molecule has 0 aliphatic heterocycles. The highest BCUT2D eigenvalue weighted by Gasteiger charge is 2.77. The van der Waals surface area contributed by atoms with Crippen molar-refractivity contribution in [2.45, 2.75) is 78.2 Å². The molecule has 0 bridgehead atoms. The smallest absolute Gasteiger partial charge is 0.269 e. The predicted molar refractivity (Wildman–Crippen MR) is 136 cm³/mol. The van der Waals surface area contributed by atoms with E-state index in [0.717, 1.165) is 23.7 Å². The standard InChI is InChI=1S/C30H44N2O3/c1-18(17-35-26-8-6-7-24(32-26)27(33)31-4)21-9-10-22-20-15-25(34-5)30-16-19(30)11-14-29(30,3)23(20)12-13-28(21,22)2/h6-8,18-23,25H,9-17H2,1-5H3,(H,31,33)/t18-,19?,20+,21-,22+,23+,25?,28-,29-,30+/m1/s1. The molecule has 10 atom stereocenters. The minimum atomic E-state index is -0.177. The zero-order chi connectivity index (χ0) is 24.6. The monoisotopic (exact) mass is 480 g/mol. The van der Waals surface area contributed by atoms with Crippen LogP contribution in [-0.2, 0) is 4.74 Å². The molecule has 5 aliphatic rings. The van der Waals surface area contributed by atoms with E-state index in [1.165, 1.54) is 51.4 Å². The Balaban J connectivity index is 1.17. The largest absolute Gasteiger partial charge is 0.477 e. The molecule has 6 rings (SSSR count). The Hall–Kier alpha value is -1.62. The van der Waals surface area contributed by atoms with E-state index in [2.05, 4.69) is 31.1 Å². The first-order valence-corrected chi connectivity index (χ1v) is 14.1. The van der Waals surface area contributed by atoms with E-state index in [4.69, 9.17) is 9.47 Å². The van der Waals surface area contributed by atoms with Crippen LogP contribution < -0.4 is 10.1 Å². The second-order valence-electron chi connectivity index (χ2n) is 13.2. The number of nitrogens with zero attached hydrogens (tertiary/aromatic N) is 1. The van der Waals surface area contributed by atoms with Gasteiger partial charge in [0.2, 0.25) is 5.88 Å².